The fourth-order valence-electron chi connectivity index (χ4n) is 2.33. The van der Waals surface area contributed by atoms with Crippen LogP contribution in [0.5, 0.6) is 5.75 Å². The van der Waals surface area contributed by atoms with Crippen molar-refractivity contribution in [3.8, 4) is 5.75 Å². The van der Waals surface area contributed by atoms with Gasteiger partial charge in [-0.05, 0) is 31.4 Å². The monoisotopic (exact) mass is 307 g/mol. The summed E-state index contributed by atoms with van der Waals surface area (Å²) in [4.78, 5) is 22.5. The van der Waals surface area contributed by atoms with Crippen LogP contribution < -0.4 is 10.1 Å². The number of benzene rings is 1. The molecule has 0 unspecified atom stereocenters. The molecule has 0 aliphatic heterocycles. The molecule has 0 saturated heterocycles. The van der Waals surface area contributed by atoms with Crippen LogP contribution in [0.1, 0.15) is 54.4 Å². The van der Waals surface area contributed by atoms with Crippen molar-refractivity contribution in [1.29, 1.82) is 0 Å². The van der Waals surface area contributed by atoms with Gasteiger partial charge in [0.15, 0.2) is 0 Å². The Kier molecular flexibility index (Phi) is 8.04. The lowest BCUT2D eigenvalue weighted by atomic mass is 10.1. The molecule has 22 heavy (non-hydrogen) atoms. The Morgan fingerprint density at radius 1 is 1.14 bits per heavy atom. The van der Waals surface area contributed by atoms with Crippen LogP contribution in [0.4, 0.5) is 0 Å². The third-order valence-electron chi connectivity index (χ3n) is 3.51. The number of aliphatic carboxylic acids is 1. The van der Waals surface area contributed by atoms with Crippen LogP contribution in [0.15, 0.2) is 18.2 Å². The molecule has 0 heterocycles. The van der Waals surface area contributed by atoms with Gasteiger partial charge in [0.2, 0.25) is 0 Å². The maximum Gasteiger partial charge on any atom is 0.303 e. The van der Waals surface area contributed by atoms with E-state index in [1.54, 1.807) is 13.2 Å². The van der Waals surface area contributed by atoms with E-state index in [2.05, 4.69) is 5.32 Å². The molecule has 0 fully saturated rings. The van der Waals surface area contributed by atoms with E-state index in [-0.39, 0.29) is 12.3 Å². The zero-order valence-corrected chi connectivity index (χ0v) is 13.4. The van der Waals surface area contributed by atoms with E-state index in [1.165, 1.54) is 0 Å². The highest BCUT2D eigenvalue weighted by Gasteiger charge is 2.12. The van der Waals surface area contributed by atoms with Crippen molar-refractivity contribution in [3.63, 3.8) is 0 Å². The Labute approximate surface area is 131 Å². The summed E-state index contributed by atoms with van der Waals surface area (Å²) in [6.45, 7) is 2.53. The zero-order chi connectivity index (χ0) is 16.4. The molecule has 5 nitrogen and oxygen atoms in total. The van der Waals surface area contributed by atoms with Gasteiger partial charge in [0, 0.05) is 13.0 Å². The number of carboxylic acids is 1. The van der Waals surface area contributed by atoms with Crippen LogP contribution in [0.25, 0.3) is 0 Å². The van der Waals surface area contributed by atoms with Gasteiger partial charge in [0.1, 0.15) is 5.75 Å². The fourth-order valence-corrected chi connectivity index (χ4v) is 2.33. The van der Waals surface area contributed by atoms with Crippen LogP contribution >= 0.6 is 0 Å². The van der Waals surface area contributed by atoms with Gasteiger partial charge < -0.3 is 15.2 Å². The first kappa shape index (κ1) is 18.0. The summed E-state index contributed by atoms with van der Waals surface area (Å²) in [6, 6.07) is 5.51. The Bertz CT molecular complexity index is 499. The van der Waals surface area contributed by atoms with Crippen LogP contribution in [0.3, 0.4) is 0 Å². The Morgan fingerprint density at radius 3 is 2.50 bits per heavy atom. The number of rotatable bonds is 10. The number of aryl methyl sites for hydroxylation is 1. The lowest BCUT2D eigenvalue weighted by Gasteiger charge is -2.11. The van der Waals surface area contributed by atoms with Gasteiger partial charge in [-0.1, -0.05) is 31.4 Å². The first-order valence-corrected chi connectivity index (χ1v) is 7.70. The molecule has 1 amide bonds. The first-order chi connectivity index (χ1) is 10.6. The summed E-state index contributed by atoms with van der Waals surface area (Å²) in [5.41, 5.74) is 1.50. The van der Waals surface area contributed by atoms with Gasteiger partial charge in [0.05, 0.1) is 12.7 Å². The highest BCUT2D eigenvalue weighted by atomic mass is 16.5. The number of methoxy groups -OCH3 is 1. The number of ether oxygens (including phenoxy) is 1. The van der Waals surface area contributed by atoms with Crippen molar-refractivity contribution >= 4 is 11.9 Å². The summed E-state index contributed by atoms with van der Waals surface area (Å²) in [6.07, 6.45) is 4.77. The molecule has 122 valence electrons. The molecule has 5 heteroatoms. The number of amides is 1. The third-order valence-corrected chi connectivity index (χ3v) is 3.51. The number of hydrogen-bond acceptors (Lipinski definition) is 3. The summed E-state index contributed by atoms with van der Waals surface area (Å²) in [5, 5.41) is 11.4. The summed E-state index contributed by atoms with van der Waals surface area (Å²) >= 11 is 0. The smallest absolute Gasteiger partial charge is 0.303 e. The van der Waals surface area contributed by atoms with Gasteiger partial charge in [-0.25, -0.2) is 0 Å². The topological polar surface area (TPSA) is 75.6 Å². The molecule has 0 aliphatic rings. The average molecular weight is 307 g/mol. The van der Waals surface area contributed by atoms with E-state index in [4.69, 9.17) is 9.84 Å². The van der Waals surface area contributed by atoms with Gasteiger partial charge in [-0.2, -0.15) is 0 Å². The Balaban J connectivity index is 2.24. The third kappa shape index (κ3) is 6.16. The minimum absolute atomic E-state index is 0.119. The number of carboxylic acid groups (broad SMARTS) is 1. The number of nitrogens with one attached hydrogen (secondary N) is 1. The molecule has 0 atom stereocenters. The van der Waals surface area contributed by atoms with Crippen molar-refractivity contribution in [1.82, 2.24) is 5.32 Å². The minimum Gasteiger partial charge on any atom is -0.496 e. The number of unbranched alkanes of at least 4 members (excludes halogenated alkanes) is 4. The molecule has 1 rings (SSSR count). The molecule has 0 aromatic heterocycles. The number of carbonyl (C=O) groups is 2. The maximum absolute atomic E-state index is 12.1. The maximum atomic E-state index is 12.1. The number of para-hydroxylation sites is 1. The molecule has 0 aliphatic carbocycles. The first-order valence-electron chi connectivity index (χ1n) is 7.70. The number of hydrogen-bond donors (Lipinski definition) is 2. The Hall–Kier alpha value is -2.04. The Morgan fingerprint density at radius 2 is 1.82 bits per heavy atom. The molecule has 0 saturated carbocycles. The molecule has 1 aromatic rings. The molecule has 2 N–H and O–H groups in total. The highest BCUT2D eigenvalue weighted by Crippen LogP contribution is 2.22. The van der Waals surface area contributed by atoms with Crippen LogP contribution in [0, 0.1) is 6.92 Å². The molecular weight excluding hydrogens is 282 g/mol. The van der Waals surface area contributed by atoms with E-state index in [9.17, 15) is 9.59 Å². The summed E-state index contributed by atoms with van der Waals surface area (Å²) < 4.78 is 5.28. The van der Waals surface area contributed by atoms with Crippen molar-refractivity contribution in [2.75, 3.05) is 13.7 Å². The van der Waals surface area contributed by atoms with Gasteiger partial charge in [0.25, 0.3) is 5.91 Å². The van der Waals surface area contributed by atoms with Crippen molar-refractivity contribution < 1.29 is 19.4 Å². The SMILES string of the molecule is COc1c(C)cccc1C(=O)NCCCCCCCC(=O)O. The van der Waals surface area contributed by atoms with Crippen LogP contribution in [-0.2, 0) is 4.79 Å². The van der Waals surface area contributed by atoms with Gasteiger partial charge >= 0.3 is 5.97 Å². The molecule has 0 spiro atoms. The normalized spacial score (nSPS) is 10.3. The second kappa shape index (κ2) is 9.82. The van der Waals surface area contributed by atoms with E-state index in [1.807, 2.05) is 19.1 Å². The van der Waals surface area contributed by atoms with Crippen molar-refractivity contribution in [2.45, 2.75) is 45.4 Å². The molecule has 0 bridgehead atoms. The second-order valence-electron chi connectivity index (χ2n) is 5.32. The second-order valence-corrected chi connectivity index (χ2v) is 5.32. The minimum atomic E-state index is -0.737. The summed E-state index contributed by atoms with van der Waals surface area (Å²) in [7, 11) is 1.57. The molecule has 0 radical (unpaired) electrons. The van der Waals surface area contributed by atoms with Gasteiger partial charge in [-0.3, -0.25) is 9.59 Å². The van der Waals surface area contributed by atoms with Crippen molar-refractivity contribution in [2.24, 2.45) is 0 Å². The lowest BCUT2D eigenvalue weighted by molar-refractivity contribution is -0.137. The van der Waals surface area contributed by atoms with E-state index < -0.39 is 5.97 Å². The van der Waals surface area contributed by atoms with Crippen LogP contribution in [0.2, 0.25) is 0 Å². The lowest BCUT2D eigenvalue weighted by Crippen LogP contribution is -2.25. The van der Waals surface area contributed by atoms with E-state index >= 15 is 0 Å². The predicted octanol–water partition coefficient (Wildman–Crippen LogP) is 3.16. The van der Waals surface area contributed by atoms with Gasteiger partial charge in [-0.15, -0.1) is 0 Å². The number of carbonyl (C=O) groups excluding carboxylic acids is 1. The summed E-state index contributed by atoms with van der Waals surface area (Å²) in [5.74, 6) is -0.237. The largest absolute Gasteiger partial charge is 0.496 e. The zero-order valence-electron chi connectivity index (χ0n) is 13.4. The van der Waals surface area contributed by atoms with Crippen molar-refractivity contribution in [3.05, 3.63) is 29.3 Å². The van der Waals surface area contributed by atoms with E-state index in [0.29, 0.717) is 17.9 Å². The highest BCUT2D eigenvalue weighted by molar-refractivity contribution is 5.97. The fraction of sp³-hybridized carbons (Fsp3) is 0.529. The predicted molar refractivity (Wildman–Crippen MR) is 85.4 cm³/mol. The van der Waals surface area contributed by atoms with Crippen LogP contribution in [-0.4, -0.2) is 30.6 Å². The standard InChI is InChI=1S/C17H25NO4/c1-13-9-8-10-14(16(13)22-2)17(21)18-12-7-5-3-4-6-11-15(19)20/h8-10H,3-7,11-12H2,1-2H3,(H,18,21)(H,19,20). The average Bonchev–Trinajstić information content (AvgIpc) is 2.49. The molecular formula is C17H25NO4. The molecule has 1 aromatic carbocycles. The quantitative estimate of drug-likeness (QED) is 0.651. The van der Waals surface area contributed by atoms with E-state index in [0.717, 1.165) is 37.7 Å².